The number of fused-ring (bicyclic) bond motifs is 1. The molecule has 0 spiro atoms. The lowest BCUT2D eigenvalue weighted by Crippen LogP contribution is -2.04. The van der Waals surface area contributed by atoms with Crippen LogP contribution >= 0.6 is 11.3 Å². The Morgan fingerprint density at radius 2 is 2.04 bits per heavy atom. The summed E-state index contributed by atoms with van der Waals surface area (Å²) in [4.78, 5) is 11.7. The van der Waals surface area contributed by atoms with Gasteiger partial charge in [0.2, 0.25) is 0 Å². The minimum absolute atomic E-state index is 0.0568. The van der Waals surface area contributed by atoms with E-state index in [0.29, 0.717) is 27.0 Å². The Morgan fingerprint density at radius 3 is 2.64 bits per heavy atom. The topological polar surface area (TPSA) is 62.5 Å². The number of aromatic hydroxyl groups is 1. The molecule has 0 atom stereocenters. The molecule has 3 rings (SSSR count). The number of nitrogens with zero attached hydrogens (tertiary/aromatic N) is 1. The van der Waals surface area contributed by atoms with Crippen LogP contribution in [-0.4, -0.2) is 20.7 Å². The van der Waals surface area contributed by atoms with Crippen LogP contribution in [0.2, 0.25) is 0 Å². The second-order valence-electron chi connectivity index (χ2n) is 5.65. The largest absolute Gasteiger partial charge is 0.505 e. The molecule has 0 radical (unpaired) electrons. The second-order valence-corrected chi connectivity index (χ2v) is 6.85. The van der Waals surface area contributed by atoms with Crippen molar-refractivity contribution < 1.29 is 28.2 Å². The van der Waals surface area contributed by atoms with Crippen LogP contribution in [0.25, 0.3) is 10.9 Å². The normalized spacial score (nSPS) is 11.6. The Labute approximate surface area is 144 Å². The Hall–Kier alpha value is -2.48. The van der Waals surface area contributed by atoms with Crippen LogP contribution in [0.3, 0.4) is 0 Å². The van der Waals surface area contributed by atoms with Gasteiger partial charge in [-0.25, -0.2) is 13.2 Å². The molecule has 25 heavy (non-hydrogen) atoms. The summed E-state index contributed by atoms with van der Waals surface area (Å²) in [6.45, 7) is 1.90. The van der Waals surface area contributed by atoms with Crippen LogP contribution in [0, 0.1) is 12.7 Å². The summed E-state index contributed by atoms with van der Waals surface area (Å²) in [6, 6.07) is 5.25. The van der Waals surface area contributed by atoms with Crippen LogP contribution in [0.4, 0.5) is 13.2 Å². The summed E-state index contributed by atoms with van der Waals surface area (Å²) < 4.78 is 41.0. The van der Waals surface area contributed by atoms with Crippen LogP contribution < -0.4 is 0 Å². The van der Waals surface area contributed by atoms with E-state index in [2.05, 4.69) is 0 Å². The maximum Gasteiger partial charge on any atom is 0.307 e. The summed E-state index contributed by atoms with van der Waals surface area (Å²) in [7, 11) is 0. The number of carboxylic acids is 1. The number of aliphatic carboxylic acids is 1. The molecule has 2 aromatic heterocycles. The third kappa shape index (κ3) is 3.21. The fraction of sp³-hybridized carbons (Fsp3) is 0.235. The van der Waals surface area contributed by atoms with Gasteiger partial charge in [0.1, 0.15) is 0 Å². The highest BCUT2D eigenvalue weighted by atomic mass is 32.1. The molecule has 132 valence electrons. The Balaban J connectivity index is 2.14. The standard InChI is InChI=1S/C17H14F3NO3S/c1-8-10(5-16(23)24)11-4-14(22)12(18)6-13(11)21(8)7-9-2-3-15(25-9)17(19)20/h2-4,6,17,22H,5,7H2,1H3,(H,23,24). The SMILES string of the molecule is Cc1c(CC(=O)O)c2cc(O)c(F)cc2n1Cc1ccc(C(F)F)s1. The first-order valence-electron chi connectivity index (χ1n) is 7.36. The van der Waals surface area contributed by atoms with Crippen molar-refractivity contribution in [3.8, 4) is 5.75 Å². The minimum Gasteiger partial charge on any atom is -0.505 e. The van der Waals surface area contributed by atoms with Gasteiger partial charge in [-0.1, -0.05) is 0 Å². The van der Waals surface area contributed by atoms with Crippen molar-refractivity contribution >= 4 is 28.2 Å². The summed E-state index contributed by atoms with van der Waals surface area (Å²) in [5.74, 6) is -2.44. The molecule has 0 unspecified atom stereocenters. The molecule has 2 heterocycles. The lowest BCUT2D eigenvalue weighted by molar-refractivity contribution is -0.136. The first kappa shape index (κ1) is 17.3. The highest BCUT2D eigenvalue weighted by Gasteiger charge is 2.20. The molecule has 0 saturated heterocycles. The number of phenolic OH excluding ortho intramolecular Hbond substituents is 1. The third-order valence-electron chi connectivity index (χ3n) is 4.06. The van der Waals surface area contributed by atoms with Gasteiger partial charge < -0.3 is 14.8 Å². The van der Waals surface area contributed by atoms with Gasteiger partial charge in [-0.3, -0.25) is 4.79 Å². The van der Waals surface area contributed by atoms with Crippen molar-refractivity contribution in [2.45, 2.75) is 26.3 Å². The number of carbonyl (C=O) groups is 1. The van der Waals surface area contributed by atoms with Gasteiger partial charge in [-0.15, -0.1) is 11.3 Å². The average Bonchev–Trinajstić information content (AvgIpc) is 3.08. The Morgan fingerprint density at radius 1 is 1.32 bits per heavy atom. The zero-order chi connectivity index (χ0) is 18.3. The first-order valence-corrected chi connectivity index (χ1v) is 8.18. The Kier molecular flexibility index (Phi) is 4.47. The fourth-order valence-corrected chi connectivity index (χ4v) is 3.74. The fourth-order valence-electron chi connectivity index (χ4n) is 2.89. The van der Waals surface area contributed by atoms with E-state index in [1.165, 1.54) is 12.1 Å². The maximum absolute atomic E-state index is 13.8. The van der Waals surface area contributed by atoms with E-state index in [-0.39, 0.29) is 17.8 Å². The number of aromatic nitrogens is 1. The molecule has 0 aliphatic carbocycles. The minimum atomic E-state index is -2.56. The number of benzene rings is 1. The van der Waals surface area contributed by atoms with E-state index < -0.39 is 24.0 Å². The van der Waals surface area contributed by atoms with Crippen molar-refractivity contribution in [2.24, 2.45) is 0 Å². The summed E-state index contributed by atoms with van der Waals surface area (Å²) in [5.41, 5.74) is 1.47. The van der Waals surface area contributed by atoms with E-state index in [1.54, 1.807) is 17.6 Å². The summed E-state index contributed by atoms with van der Waals surface area (Å²) in [5, 5.41) is 19.2. The number of halogens is 3. The molecule has 0 aliphatic heterocycles. The van der Waals surface area contributed by atoms with Crippen molar-refractivity contribution in [3.63, 3.8) is 0 Å². The van der Waals surface area contributed by atoms with Crippen LogP contribution in [-0.2, 0) is 17.8 Å². The molecular weight excluding hydrogens is 355 g/mol. The van der Waals surface area contributed by atoms with Gasteiger partial charge in [0.15, 0.2) is 11.6 Å². The van der Waals surface area contributed by atoms with Gasteiger partial charge in [-0.2, -0.15) is 0 Å². The quantitative estimate of drug-likeness (QED) is 0.698. The van der Waals surface area contributed by atoms with Gasteiger partial charge in [-0.05, 0) is 30.7 Å². The monoisotopic (exact) mass is 369 g/mol. The number of hydrogen-bond acceptors (Lipinski definition) is 3. The van der Waals surface area contributed by atoms with Gasteiger partial charge >= 0.3 is 5.97 Å². The summed E-state index contributed by atoms with van der Waals surface area (Å²) >= 11 is 0.953. The number of alkyl halides is 2. The molecule has 3 aromatic rings. The molecule has 0 aliphatic rings. The predicted octanol–water partition coefficient (Wildman–Crippen LogP) is 4.47. The van der Waals surface area contributed by atoms with E-state index in [4.69, 9.17) is 5.11 Å². The maximum atomic E-state index is 13.8. The molecule has 4 nitrogen and oxygen atoms in total. The number of rotatable bonds is 5. The van der Waals surface area contributed by atoms with Gasteiger partial charge in [0, 0.05) is 22.0 Å². The van der Waals surface area contributed by atoms with E-state index in [0.717, 1.165) is 17.4 Å². The van der Waals surface area contributed by atoms with E-state index >= 15 is 0 Å². The van der Waals surface area contributed by atoms with Crippen LogP contribution in [0.5, 0.6) is 5.75 Å². The molecule has 0 fully saturated rings. The molecule has 0 saturated carbocycles. The first-order chi connectivity index (χ1) is 11.8. The molecule has 0 bridgehead atoms. The van der Waals surface area contributed by atoms with Crippen molar-refractivity contribution in [3.05, 3.63) is 51.1 Å². The molecular formula is C17H14F3NO3S. The van der Waals surface area contributed by atoms with Crippen molar-refractivity contribution in [2.75, 3.05) is 0 Å². The molecule has 0 amide bonds. The summed E-state index contributed by atoms with van der Waals surface area (Å²) in [6.07, 6.45) is -2.84. The number of phenols is 1. The molecule has 8 heteroatoms. The zero-order valence-corrected chi connectivity index (χ0v) is 13.9. The van der Waals surface area contributed by atoms with Gasteiger partial charge in [0.25, 0.3) is 6.43 Å². The number of hydrogen-bond donors (Lipinski definition) is 2. The molecule has 1 aromatic carbocycles. The number of carboxylic acid groups (broad SMARTS) is 1. The third-order valence-corrected chi connectivity index (χ3v) is 5.14. The van der Waals surface area contributed by atoms with Crippen molar-refractivity contribution in [1.29, 1.82) is 0 Å². The lowest BCUT2D eigenvalue weighted by atomic mass is 10.1. The van der Waals surface area contributed by atoms with E-state index in [1.807, 2.05) is 0 Å². The zero-order valence-electron chi connectivity index (χ0n) is 13.1. The predicted molar refractivity (Wildman–Crippen MR) is 88.0 cm³/mol. The lowest BCUT2D eigenvalue weighted by Gasteiger charge is -2.07. The smallest absolute Gasteiger partial charge is 0.307 e. The highest BCUT2D eigenvalue weighted by Crippen LogP contribution is 2.33. The Bertz CT molecular complexity index is 962. The van der Waals surface area contributed by atoms with Gasteiger partial charge in [0.05, 0.1) is 23.4 Å². The van der Waals surface area contributed by atoms with Crippen molar-refractivity contribution in [1.82, 2.24) is 4.57 Å². The highest BCUT2D eigenvalue weighted by molar-refractivity contribution is 7.12. The number of thiophene rings is 1. The second kappa shape index (κ2) is 6.44. The molecule has 2 N–H and O–H groups in total. The van der Waals surface area contributed by atoms with Crippen LogP contribution in [0.1, 0.15) is 27.4 Å². The van der Waals surface area contributed by atoms with Crippen LogP contribution in [0.15, 0.2) is 24.3 Å². The average molecular weight is 369 g/mol. The van der Waals surface area contributed by atoms with E-state index in [9.17, 15) is 23.1 Å².